The van der Waals surface area contributed by atoms with Gasteiger partial charge in [-0.1, -0.05) is 37.6 Å². The summed E-state index contributed by atoms with van der Waals surface area (Å²) in [6.45, 7) is 4.73. The maximum atomic E-state index is 11.8. The number of para-hydroxylation sites is 1. The van der Waals surface area contributed by atoms with E-state index in [2.05, 4.69) is 10.6 Å². The number of halogens is 1. The molecule has 1 rings (SSSR count). The SMILES string of the molecule is CCC(CC)NC(=O)COc1c(Cl)cccc1CNC. The molecule has 0 saturated heterocycles. The first-order chi connectivity index (χ1) is 9.62. The van der Waals surface area contributed by atoms with Crippen molar-refractivity contribution in [3.05, 3.63) is 28.8 Å². The number of rotatable bonds is 8. The molecule has 5 heteroatoms. The first-order valence-electron chi connectivity index (χ1n) is 6.96. The summed E-state index contributed by atoms with van der Waals surface area (Å²) in [5.74, 6) is 0.456. The van der Waals surface area contributed by atoms with E-state index >= 15 is 0 Å². The molecule has 0 aromatic heterocycles. The van der Waals surface area contributed by atoms with E-state index in [0.29, 0.717) is 17.3 Å². The molecular weight excluding hydrogens is 276 g/mol. The standard InChI is InChI=1S/C15H23ClN2O2/c1-4-12(5-2)18-14(19)10-20-15-11(9-17-3)7-6-8-13(15)16/h6-8,12,17H,4-5,9-10H2,1-3H3,(H,18,19). The Morgan fingerprint density at radius 1 is 1.35 bits per heavy atom. The molecule has 1 aromatic carbocycles. The lowest BCUT2D eigenvalue weighted by Gasteiger charge is -2.16. The van der Waals surface area contributed by atoms with Crippen LogP contribution in [-0.2, 0) is 11.3 Å². The molecule has 0 aliphatic carbocycles. The van der Waals surface area contributed by atoms with Crippen molar-refractivity contribution in [2.75, 3.05) is 13.7 Å². The number of carbonyl (C=O) groups excluding carboxylic acids is 1. The van der Waals surface area contributed by atoms with Gasteiger partial charge in [0.05, 0.1) is 5.02 Å². The molecule has 112 valence electrons. The van der Waals surface area contributed by atoms with Crippen molar-refractivity contribution in [3.63, 3.8) is 0 Å². The second kappa shape index (κ2) is 8.82. The van der Waals surface area contributed by atoms with Crippen LogP contribution in [0, 0.1) is 0 Å². The van der Waals surface area contributed by atoms with Crippen molar-refractivity contribution >= 4 is 17.5 Å². The fourth-order valence-electron chi connectivity index (χ4n) is 1.94. The summed E-state index contributed by atoms with van der Waals surface area (Å²) >= 11 is 6.12. The normalized spacial score (nSPS) is 10.7. The molecule has 0 saturated carbocycles. The fourth-order valence-corrected chi connectivity index (χ4v) is 2.19. The average Bonchev–Trinajstić information content (AvgIpc) is 2.44. The largest absolute Gasteiger partial charge is 0.482 e. The van der Waals surface area contributed by atoms with Gasteiger partial charge in [0.25, 0.3) is 5.91 Å². The van der Waals surface area contributed by atoms with Crippen LogP contribution in [0.2, 0.25) is 5.02 Å². The van der Waals surface area contributed by atoms with Crippen molar-refractivity contribution in [2.45, 2.75) is 39.3 Å². The zero-order chi connectivity index (χ0) is 15.0. The molecule has 0 aliphatic heterocycles. The molecule has 2 N–H and O–H groups in total. The molecule has 0 aliphatic rings. The van der Waals surface area contributed by atoms with Gasteiger partial charge in [0.1, 0.15) is 5.75 Å². The smallest absolute Gasteiger partial charge is 0.258 e. The zero-order valence-electron chi connectivity index (χ0n) is 12.3. The van der Waals surface area contributed by atoms with Crippen LogP contribution in [-0.4, -0.2) is 25.6 Å². The summed E-state index contributed by atoms with van der Waals surface area (Å²) in [5.41, 5.74) is 0.940. The molecule has 0 atom stereocenters. The van der Waals surface area contributed by atoms with E-state index in [-0.39, 0.29) is 18.6 Å². The van der Waals surface area contributed by atoms with Gasteiger partial charge in [-0.05, 0) is 26.0 Å². The van der Waals surface area contributed by atoms with Crippen LogP contribution in [0.25, 0.3) is 0 Å². The predicted molar refractivity (Wildman–Crippen MR) is 82.2 cm³/mol. The van der Waals surface area contributed by atoms with Crippen molar-refractivity contribution in [3.8, 4) is 5.75 Å². The quantitative estimate of drug-likeness (QED) is 0.776. The van der Waals surface area contributed by atoms with Crippen LogP contribution in [0.1, 0.15) is 32.3 Å². The monoisotopic (exact) mass is 298 g/mol. The minimum absolute atomic E-state index is 0.0169. The summed E-state index contributed by atoms with van der Waals surface area (Å²) in [5, 5.41) is 6.51. The van der Waals surface area contributed by atoms with E-state index in [0.717, 1.165) is 18.4 Å². The first-order valence-corrected chi connectivity index (χ1v) is 7.34. The molecule has 1 amide bonds. The van der Waals surface area contributed by atoms with Crippen LogP contribution in [0.15, 0.2) is 18.2 Å². The number of ether oxygens (including phenoxy) is 1. The third-order valence-corrected chi connectivity index (χ3v) is 3.41. The zero-order valence-corrected chi connectivity index (χ0v) is 13.1. The molecule has 0 spiro atoms. The van der Waals surface area contributed by atoms with E-state index in [1.807, 2.05) is 33.0 Å². The Balaban J connectivity index is 2.63. The Hall–Kier alpha value is -1.26. The summed E-state index contributed by atoms with van der Waals surface area (Å²) in [7, 11) is 1.85. The number of benzene rings is 1. The van der Waals surface area contributed by atoms with Crippen LogP contribution < -0.4 is 15.4 Å². The van der Waals surface area contributed by atoms with Crippen LogP contribution >= 0.6 is 11.6 Å². The number of nitrogens with one attached hydrogen (secondary N) is 2. The third-order valence-electron chi connectivity index (χ3n) is 3.11. The molecule has 0 fully saturated rings. The van der Waals surface area contributed by atoms with Crippen LogP contribution in [0.5, 0.6) is 5.75 Å². The highest BCUT2D eigenvalue weighted by molar-refractivity contribution is 6.32. The van der Waals surface area contributed by atoms with E-state index < -0.39 is 0 Å². The van der Waals surface area contributed by atoms with Gasteiger partial charge in [-0.3, -0.25) is 4.79 Å². The van der Waals surface area contributed by atoms with Gasteiger partial charge in [-0.25, -0.2) is 0 Å². The Bertz CT molecular complexity index is 434. The maximum absolute atomic E-state index is 11.8. The van der Waals surface area contributed by atoms with Crippen molar-refractivity contribution in [2.24, 2.45) is 0 Å². The van der Waals surface area contributed by atoms with Crippen molar-refractivity contribution in [1.82, 2.24) is 10.6 Å². The number of hydrogen-bond donors (Lipinski definition) is 2. The summed E-state index contributed by atoms with van der Waals surface area (Å²) in [6, 6.07) is 5.76. The highest BCUT2D eigenvalue weighted by atomic mass is 35.5. The third kappa shape index (κ3) is 5.02. The van der Waals surface area contributed by atoms with Crippen molar-refractivity contribution in [1.29, 1.82) is 0 Å². The Labute approximate surface area is 125 Å². The minimum Gasteiger partial charge on any atom is -0.482 e. The van der Waals surface area contributed by atoms with Gasteiger partial charge in [-0.15, -0.1) is 0 Å². The number of carbonyl (C=O) groups is 1. The highest BCUT2D eigenvalue weighted by Crippen LogP contribution is 2.28. The van der Waals surface area contributed by atoms with Gasteiger partial charge in [-0.2, -0.15) is 0 Å². The topological polar surface area (TPSA) is 50.4 Å². The molecule has 4 nitrogen and oxygen atoms in total. The van der Waals surface area contributed by atoms with Crippen molar-refractivity contribution < 1.29 is 9.53 Å². The molecule has 0 radical (unpaired) electrons. The second-order valence-corrected chi connectivity index (χ2v) is 5.04. The van der Waals surface area contributed by atoms with Gasteiger partial charge in [0.15, 0.2) is 6.61 Å². The van der Waals surface area contributed by atoms with E-state index in [9.17, 15) is 4.79 Å². The minimum atomic E-state index is -0.117. The lowest BCUT2D eigenvalue weighted by Crippen LogP contribution is -2.37. The molecule has 0 heterocycles. The maximum Gasteiger partial charge on any atom is 0.258 e. The summed E-state index contributed by atoms with van der Waals surface area (Å²) in [4.78, 5) is 11.8. The van der Waals surface area contributed by atoms with Gasteiger partial charge < -0.3 is 15.4 Å². The molecule has 0 bridgehead atoms. The lowest BCUT2D eigenvalue weighted by atomic mass is 10.2. The predicted octanol–water partition coefficient (Wildman–Crippen LogP) is 2.74. The van der Waals surface area contributed by atoms with Gasteiger partial charge in [0, 0.05) is 18.2 Å². The summed E-state index contributed by atoms with van der Waals surface area (Å²) in [6.07, 6.45) is 1.83. The number of hydrogen-bond acceptors (Lipinski definition) is 3. The number of amides is 1. The van der Waals surface area contributed by atoms with Crippen LogP contribution in [0.4, 0.5) is 0 Å². The van der Waals surface area contributed by atoms with Crippen LogP contribution in [0.3, 0.4) is 0 Å². The Morgan fingerprint density at radius 2 is 2.05 bits per heavy atom. The Morgan fingerprint density at radius 3 is 2.65 bits per heavy atom. The highest BCUT2D eigenvalue weighted by Gasteiger charge is 2.12. The first kappa shape index (κ1) is 16.8. The fraction of sp³-hybridized carbons (Fsp3) is 0.533. The van der Waals surface area contributed by atoms with E-state index in [1.165, 1.54) is 0 Å². The molecule has 20 heavy (non-hydrogen) atoms. The lowest BCUT2D eigenvalue weighted by molar-refractivity contribution is -0.123. The second-order valence-electron chi connectivity index (χ2n) is 4.63. The van der Waals surface area contributed by atoms with E-state index in [4.69, 9.17) is 16.3 Å². The van der Waals surface area contributed by atoms with E-state index in [1.54, 1.807) is 6.07 Å². The Kier molecular flexibility index (Phi) is 7.41. The van der Waals surface area contributed by atoms with Gasteiger partial charge >= 0.3 is 0 Å². The molecule has 0 unspecified atom stereocenters. The molecular formula is C15H23ClN2O2. The molecule has 1 aromatic rings. The average molecular weight is 299 g/mol. The summed E-state index contributed by atoms with van der Waals surface area (Å²) < 4.78 is 5.59. The van der Waals surface area contributed by atoms with Gasteiger partial charge in [0.2, 0.25) is 0 Å².